The molecule has 0 heterocycles. The van der Waals surface area contributed by atoms with Gasteiger partial charge >= 0.3 is 62.0 Å². The Hall–Kier alpha value is 1.96. The van der Waals surface area contributed by atoms with Gasteiger partial charge < -0.3 is 5.48 Å². The van der Waals surface area contributed by atoms with Crippen molar-refractivity contribution >= 4 is 46.6 Å². The first-order valence-corrected chi connectivity index (χ1v) is 4.68. The SMILES string of the molecule is O.[CaH2].[SiH3][Mn]. The Kier molecular flexibility index (Phi) is 84.8. The summed E-state index contributed by atoms with van der Waals surface area (Å²) in [6, 6.07) is 0. The summed E-state index contributed by atoms with van der Waals surface area (Å²) in [7, 11) is 1.12. The van der Waals surface area contributed by atoms with Crippen LogP contribution >= 0.6 is 0 Å². The number of hydrogen-bond acceptors (Lipinski definition) is 0. The molecule has 1 nitrogen and oxygen atoms in total. The molecule has 0 saturated carbocycles. The summed E-state index contributed by atoms with van der Waals surface area (Å²) in [5.41, 5.74) is 0. The van der Waals surface area contributed by atoms with Crippen molar-refractivity contribution in [3.63, 3.8) is 0 Å². The fraction of sp³-hybridized carbons (Fsp3) is 0. The molecule has 2 N–H and O–H groups in total. The average molecular weight is 146 g/mol. The van der Waals surface area contributed by atoms with E-state index in [0.717, 1.165) is 8.85 Å². The van der Waals surface area contributed by atoms with Crippen LogP contribution in [0.4, 0.5) is 0 Å². The Morgan fingerprint density at radius 1 is 1.25 bits per heavy atom. The van der Waals surface area contributed by atoms with Crippen molar-refractivity contribution in [1.82, 2.24) is 0 Å². The molecule has 26 valence electrons. The summed E-state index contributed by atoms with van der Waals surface area (Å²) in [5.74, 6) is 0. The van der Waals surface area contributed by atoms with Gasteiger partial charge in [-0.3, -0.25) is 0 Å². The molecule has 0 rings (SSSR count). The van der Waals surface area contributed by atoms with Gasteiger partial charge in [0.2, 0.25) is 0 Å². The van der Waals surface area contributed by atoms with Crippen LogP contribution in [-0.2, 0) is 15.4 Å². The Bertz CT molecular complexity index is 8.00. The van der Waals surface area contributed by atoms with Crippen LogP contribution in [0.3, 0.4) is 0 Å². The van der Waals surface area contributed by atoms with Crippen molar-refractivity contribution in [1.29, 1.82) is 0 Å². The molecule has 0 bridgehead atoms. The van der Waals surface area contributed by atoms with E-state index in [2.05, 4.69) is 15.4 Å². The molecule has 0 amide bonds. The molecule has 0 aromatic rings. The second-order valence-electron chi connectivity index (χ2n) is 0. The Morgan fingerprint density at radius 3 is 1.25 bits per heavy atom. The maximum atomic E-state index is 3.08. The van der Waals surface area contributed by atoms with Crippen molar-refractivity contribution in [2.75, 3.05) is 0 Å². The van der Waals surface area contributed by atoms with Gasteiger partial charge in [-0.2, -0.15) is 0 Å². The predicted molar refractivity (Wildman–Crippen MR) is 22.1 cm³/mol. The second-order valence-corrected chi connectivity index (χ2v) is 0. The molecule has 0 unspecified atom stereocenters. The van der Waals surface area contributed by atoms with Gasteiger partial charge in [0.25, 0.3) is 0 Å². The van der Waals surface area contributed by atoms with Gasteiger partial charge in [-0.15, -0.1) is 0 Å². The first kappa shape index (κ1) is 16.7. The molecule has 0 fully saturated rings. The average Bonchev–Trinajstić information content (AvgIpc) is 1.00. The number of hydrogen-bond donors (Lipinski definition) is 0. The summed E-state index contributed by atoms with van der Waals surface area (Å²) in [6.45, 7) is 0. The fourth-order valence-corrected chi connectivity index (χ4v) is 0. The molecular weight excluding hydrogens is 139 g/mol. The third-order valence-electron chi connectivity index (χ3n) is 0. The van der Waals surface area contributed by atoms with Crippen LogP contribution in [0.1, 0.15) is 0 Å². The van der Waals surface area contributed by atoms with Crippen LogP contribution in [0.25, 0.3) is 0 Å². The van der Waals surface area contributed by atoms with E-state index >= 15 is 0 Å². The third-order valence-corrected chi connectivity index (χ3v) is 0. The zero-order valence-corrected chi connectivity index (χ0v) is 5.06. The van der Waals surface area contributed by atoms with E-state index < -0.39 is 0 Å². The Balaban J connectivity index is -0.00000000500. The van der Waals surface area contributed by atoms with E-state index in [1.807, 2.05) is 0 Å². The molecule has 0 aliphatic rings. The topological polar surface area (TPSA) is 31.5 Å². The van der Waals surface area contributed by atoms with Crippen molar-refractivity contribution < 1.29 is 20.8 Å². The van der Waals surface area contributed by atoms with E-state index in [1.165, 1.54) is 0 Å². The van der Waals surface area contributed by atoms with Gasteiger partial charge in [0, 0.05) is 0 Å². The first-order chi connectivity index (χ1) is 1.00. The molecule has 4 heteroatoms. The van der Waals surface area contributed by atoms with Crippen molar-refractivity contribution in [2.45, 2.75) is 0 Å². The molecule has 0 aromatic heterocycles. The van der Waals surface area contributed by atoms with Crippen molar-refractivity contribution in [3.05, 3.63) is 0 Å². The Labute approximate surface area is 66.5 Å². The molecule has 0 radical (unpaired) electrons. The van der Waals surface area contributed by atoms with E-state index in [4.69, 9.17) is 0 Å². The zero-order chi connectivity index (χ0) is 2.00. The first-order valence-electron chi connectivity index (χ1n) is 0.378. The predicted octanol–water partition coefficient (Wildman–Crippen LogP) is -2.93. The van der Waals surface area contributed by atoms with Gasteiger partial charge in [-0.05, 0) is 0 Å². The third kappa shape index (κ3) is 9.03. The van der Waals surface area contributed by atoms with Gasteiger partial charge in [-0.1, -0.05) is 0 Å². The van der Waals surface area contributed by atoms with Crippen LogP contribution in [-0.4, -0.2) is 52.1 Å². The molecule has 4 heavy (non-hydrogen) atoms. The minimum absolute atomic E-state index is 0. The summed E-state index contributed by atoms with van der Waals surface area (Å²) in [6.07, 6.45) is 0. The normalized spacial score (nSPS) is 2.25. The van der Waals surface area contributed by atoms with E-state index in [0.29, 0.717) is 0 Å². The summed E-state index contributed by atoms with van der Waals surface area (Å²) >= 11 is 3.08. The van der Waals surface area contributed by atoms with Crippen molar-refractivity contribution in [2.24, 2.45) is 0 Å². The maximum absolute atomic E-state index is 3.08. The van der Waals surface area contributed by atoms with Gasteiger partial charge in [0.1, 0.15) is 0 Å². The minimum atomic E-state index is 0. The quantitative estimate of drug-likeness (QED) is 0.328. The summed E-state index contributed by atoms with van der Waals surface area (Å²) in [5, 5.41) is 0. The molecular formula is H7CaMnOSi. The summed E-state index contributed by atoms with van der Waals surface area (Å²) in [4.78, 5) is 0. The van der Waals surface area contributed by atoms with Gasteiger partial charge in [0.05, 0.1) is 0 Å². The van der Waals surface area contributed by atoms with Gasteiger partial charge in [0.15, 0.2) is 0 Å². The van der Waals surface area contributed by atoms with E-state index in [9.17, 15) is 0 Å². The van der Waals surface area contributed by atoms with Crippen LogP contribution in [0.5, 0.6) is 0 Å². The molecule has 0 saturated heterocycles. The van der Waals surface area contributed by atoms with Gasteiger partial charge in [-0.25, -0.2) is 0 Å². The van der Waals surface area contributed by atoms with Crippen LogP contribution in [0.15, 0.2) is 0 Å². The standard InChI is InChI=1S/Ca.Mn.H2O.H3Si.2H/h;;1H2;1H3;;. The molecule has 0 spiro atoms. The van der Waals surface area contributed by atoms with Crippen LogP contribution in [0.2, 0.25) is 0 Å². The van der Waals surface area contributed by atoms with E-state index in [1.54, 1.807) is 0 Å². The molecule has 0 aromatic carbocycles. The fourth-order valence-electron chi connectivity index (χ4n) is 0. The zero-order valence-electron chi connectivity index (χ0n) is 1.88. The molecule has 0 aliphatic carbocycles. The summed E-state index contributed by atoms with van der Waals surface area (Å²) < 4.78 is 0. The van der Waals surface area contributed by atoms with Crippen LogP contribution in [0, 0.1) is 0 Å². The second kappa shape index (κ2) is 20.3. The number of rotatable bonds is 0. The monoisotopic (exact) mass is 146 g/mol. The Morgan fingerprint density at radius 2 is 1.25 bits per heavy atom. The molecule has 0 atom stereocenters. The van der Waals surface area contributed by atoms with E-state index in [-0.39, 0.29) is 43.2 Å². The molecule has 0 aliphatic heterocycles. The van der Waals surface area contributed by atoms with Crippen molar-refractivity contribution in [3.8, 4) is 0 Å². The van der Waals surface area contributed by atoms with Crippen LogP contribution < -0.4 is 0 Å².